The molecule has 2 N–H and O–H groups in total. The summed E-state index contributed by atoms with van der Waals surface area (Å²) in [5.41, 5.74) is 7.74. The molecule has 0 aliphatic heterocycles. The Morgan fingerprint density at radius 3 is 2.75 bits per heavy atom. The van der Waals surface area contributed by atoms with Gasteiger partial charge in [-0.05, 0) is 37.5 Å². The fourth-order valence-electron chi connectivity index (χ4n) is 2.26. The Morgan fingerprint density at radius 1 is 1.67 bits per heavy atom. The van der Waals surface area contributed by atoms with Crippen molar-refractivity contribution >= 4 is 0 Å². The molecule has 0 bridgehead atoms. The van der Waals surface area contributed by atoms with Gasteiger partial charge < -0.3 is 5.73 Å². The second-order valence-corrected chi connectivity index (χ2v) is 4.59. The van der Waals surface area contributed by atoms with Crippen LogP contribution >= 0.6 is 0 Å². The van der Waals surface area contributed by atoms with E-state index in [4.69, 9.17) is 5.73 Å². The highest BCUT2D eigenvalue weighted by Gasteiger charge is 2.33. The van der Waals surface area contributed by atoms with Crippen LogP contribution in [-0.2, 0) is 0 Å². The zero-order valence-corrected chi connectivity index (χ0v) is 8.40. The zero-order chi connectivity index (χ0) is 9.19. The lowest BCUT2D eigenvalue weighted by Crippen LogP contribution is -2.19. The lowest BCUT2D eigenvalue weighted by atomic mass is 9.81. The van der Waals surface area contributed by atoms with Gasteiger partial charge in [-0.3, -0.25) is 0 Å². The standard InChI is InChI=1S/C11H21N/c1-4-9(2)7-11(3)6-5-10(12)8-11/h10H,2,4-8,12H2,1,3H3. The van der Waals surface area contributed by atoms with E-state index in [0.717, 1.165) is 6.42 Å². The van der Waals surface area contributed by atoms with Crippen LogP contribution in [0.15, 0.2) is 12.2 Å². The molecule has 2 unspecified atom stereocenters. The van der Waals surface area contributed by atoms with Gasteiger partial charge in [0, 0.05) is 6.04 Å². The molecule has 0 spiro atoms. The Hall–Kier alpha value is -0.300. The number of nitrogens with two attached hydrogens (primary N) is 1. The minimum Gasteiger partial charge on any atom is -0.328 e. The molecule has 0 aromatic carbocycles. The summed E-state index contributed by atoms with van der Waals surface area (Å²) in [6.45, 7) is 8.60. The molecule has 1 nitrogen and oxygen atoms in total. The maximum atomic E-state index is 5.90. The topological polar surface area (TPSA) is 26.0 Å². The molecule has 0 radical (unpaired) electrons. The second-order valence-electron chi connectivity index (χ2n) is 4.59. The lowest BCUT2D eigenvalue weighted by molar-refractivity contribution is 0.326. The predicted molar refractivity (Wildman–Crippen MR) is 54.0 cm³/mol. The average Bonchev–Trinajstić information content (AvgIpc) is 2.30. The highest BCUT2D eigenvalue weighted by Crippen LogP contribution is 2.42. The third kappa shape index (κ3) is 2.34. The molecular formula is C11H21N. The second kappa shape index (κ2) is 3.61. The SMILES string of the molecule is C=C(CC)CC1(C)CCC(N)C1. The Balaban J connectivity index is 2.45. The van der Waals surface area contributed by atoms with Gasteiger partial charge >= 0.3 is 0 Å². The third-order valence-electron chi connectivity index (χ3n) is 3.05. The highest BCUT2D eigenvalue weighted by molar-refractivity contribution is 5.01. The number of rotatable bonds is 3. The van der Waals surface area contributed by atoms with Crippen LogP contribution in [0.2, 0.25) is 0 Å². The number of allylic oxidation sites excluding steroid dienone is 1. The van der Waals surface area contributed by atoms with Crippen molar-refractivity contribution in [3.8, 4) is 0 Å². The third-order valence-corrected chi connectivity index (χ3v) is 3.05. The van der Waals surface area contributed by atoms with E-state index < -0.39 is 0 Å². The van der Waals surface area contributed by atoms with Gasteiger partial charge in [-0.1, -0.05) is 26.0 Å². The Bertz CT molecular complexity index is 174. The van der Waals surface area contributed by atoms with E-state index in [-0.39, 0.29) is 0 Å². The summed E-state index contributed by atoms with van der Waals surface area (Å²) in [7, 11) is 0. The molecule has 70 valence electrons. The summed E-state index contributed by atoms with van der Waals surface area (Å²) in [4.78, 5) is 0. The molecule has 1 saturated carbocycles. The quantitative estimate of drug-likeness (QED) is 0.643. The van der Waals surface area contributed by atoms with Crippen LogP contribution in [0.5, 0.6) is 0 Å². The summed E-state index contributed by atoms with van der Waals surface area (Å²) >= 11 is 0. The van der Waals surface area contributed by atoms with Gasteiger partial charge in [0.1, 0.15) is 0 Å². The molecule has 0 aromatic rings. The van der Waals surface area contributed by atoms with Crippen molar-refractivity contribution in [2.24, 2.45) is 11.1 Å². The molecule has 1 fully saturated rings. The number of hydrogen-bond acceptors (Lipinski definition) is 1. The summed E-state index contributed by atoms with van der Waals surface area (Å²) in [6, 6.07) is 0.444. The maximum Gasteiger partial charge on any atom is 0.00443 e. The molecule has 1 heteroatoms. The average molecular weight is 167 g/mol. The van der Waals surface area contributed by atoms with Crippen molar-refractivity contribution in [2.45, 2.75) is 52.0 Å². The molecule has 0 saturated heterocycles. The first-order valence-corrected chi connectivity index (χ1v) is 4.98. The van der Waals surface area contributed by atoms with E-state index in [1.165, 1.54) is 31.3 Å². The van der Waals surface area contributed by atoms with E-state index in [1.54, 1.807) is 0 Å². The van der Waals surface area contributed by atoms with Crippen LogP contribution in [0.1, 0.15) is 46.0 Å². The van der Waals surface area contributed by atoms with Crippen molar-refractivity contribution in [3.63, 3.8) is 0 Å². The molecule has 0 heterocycles. The first-order chi connectivity index (χ1) is 5.56. The van der Waals surface area contributed by atoms with Crippen LogP contribution in [0, 0.1) is 5.41 Å². The van der Waals surface area contributed by atoms with Gasteiger partial charge in [0.15, 0.2) is 0 Å². The maximum absolute atomic E-state index is 5.90. The summed E-state index contributed by atoms with van der Waals surface area (Å²) in [5.74, 6) is 0. The van der Waals surface area contributed by atoms with Crippen LogP contribution in [-0.4, -0.2) is 6.04 Å². The van der Waals surface area contributed by atoms with E-state index in [0.29, 0.717) is 11.5 Å². The minimum atomic E-state index is 0.444. The predicted octanol–water partition coefficient (Wildman–Crippen LogP) is 2.86. The van der Waals surface area contributed by atoms with E-state index in [1.807, 2.05) is 0 Å². The lowest BCUT2D eigenvalue weighted by Gasteiger charge is -2.24. The minimum absolute atomic E-state index is 0.444. The Kier molecular flexibility index (Phi) is 2.94. The van der Waals surface area contributed by atoms with Crippen LogP contribution in [0.4, 0.5) is 0 Å². The van der Waals surface area contributed by atoms with Gasteiger partial charge in [0.2, 0.25) is 0 Å². The van der Waals surface area contributed by atoms with Gasteiger partial charge in [-0.2, -0.15) is 0 Å². The molecule has 0 amide bonds. The first kappa shape index (κ1) is 9.79. The van der Waals surface area contributed by atoms with Crippen molar-refractivity contribution in [1.82, 2.24) is 0 Å². The van der Waals surface area contributed by atoms with Crippen molar-refractivity contribution in [2.75, 3.05) is 0 Å². The van der Waals surface area contributed by atoms with Crippen molar-refractivity contribution < 1.29 is 0 Å². The van der Waals surface area contributed by atoms with E-state index in [2.05, 4.69) is 20.4 Å². The normalized spacial score (nSPS) is 35.4. The molecule has 0 aromatic heterocycles. The van der Waals surface area contributed by atoms with Gasteiger partial charge in [0.25, 0.3) is 0 Å². The van der Waals surface area contributed by atoms with Gasteiger partial charge in [-0.15, -0.1) is 0 Å². The van der Waals surface area contributed by atoms with Crippen LogP contribution < -0.4 is 5.73 Å². The Labute approximate surface area is 76.0 Å². The zero-order valence-electron chi connectivity index (χ0n) is 8.40. The molecule has 1 rings (SSSR count). The molecular weight excluding hydrogens is 146 g/mol. The van der Waals surface area contributed by atoms with Crippen molar-refractivity contribution in [3.05, 3.63) is 12.2 Å². The summed E-state index contributed by atoms with van der Waals surface area (Å²) < 4.78 is 0. The highest BCUT2D eigenvalue weighted by atomic mass is 14.7. The van der Waals surface area contributed by atoms with Crippen LogP contribution in [0.3, 0.4) is 0 Å². The molecule has 2 atom stereocenters. The molecule has 12 heavy (non-hydrogen) atoms. The monoisotopic (exact) mass is 167 g/mol. The number of hydrogen-bond donors (Lipinski definition) is 1. The Morgan fingerprint density at radius 2 is 2.33 bits per heavy atom. The fraction of sp³-hybridized carbons (Fsp3) is 0.818. The fourth-order valence-corrected chi connectivity index (χ4v) is 2.26. The largest absolute Gasteiger partial charge is 0.328 e. The summed E-state index contributed by atoms with van der Waals surface area (Å²) in [5, 5.41) is 0. The van der Waals surface area contributed by atoms with Crippen molar-refractivity contribution in [1.29, 1.82) is 0 Å². The molecule has 1 aliphatic rings. The van der Waals surface area contributed by atoms with Gasteiger partial charge in [-0.25, -0.2) is 0 Å². The van der Waals surface area contributed by atoms with E-state index >= 15 is 0 Å². The van der Waals surface area contributed by atoms with Crippen LogP contribution in [0.25, 0.3) is 0 Å². The smallest absolute Gasteiger partial charge is 0.00443 e. The first-order valence-electron chi connectivity index (χ1n) is 4.98. The van der Waals surface area contributed by atoms with E-state index in [9.17, 15) is 0 Å². The van der Waals surface area contributed by atoms with Gasteiger partial charge in [0.05, 0.1) is 0 Å². The molecule has 1 aliphatic carbocycles. The summed E-state index contributed by atoms with van der Waals surface area (Å²) in [6.07, 6.45) is 5.97.